The van der Waals surface area contributed by atoms with E-state index in [1.807, 2.05) is 62.1 Å². The molecule has 0 atom stereocenters. The Morgan fingerprint density at radius 2 is 1.89 bits per heavy atom. The van der Waals surface area contributed by atoms with Crippen LogP contribution in [-0.4, -0.2) is 53.5 Å². The highest BCUT2D eigenvalue weighted by atomic mass is 16.2. The van der Waals surface area contributed by atoms with Crippen LogP contribution in [0.5, 0.6) is 0 Å². The zero-order chi connectivity index (χ0) is 19.2. The minimum absolute atomic E-state index is 0.0603. The van der Waals surface area contributed by atoms with Crippen molar-refractivity contribution in [2.75, 3.05) is 42.9 Å². The van der Waals surface area contributed by atoms with Gasteiger partial charge in [-0.2, -0.15) is 0 Å². The first-order valence-electron chi connectivity index (χ1n) is 9.44. The van der Waals surface area contributed by atoms with Gasteiger partial charge in [0.25, 0.3) is 0 Å². The molecule has 1 fully saturated rings. The van der Waals surface area contributed by atoms with Crippen molar-refractivity contribution in [3.63, 3.8) is 0 Å². The third-order valence-corrected chi connectivity index (χ3v) is 4.69. The van der Waals surface area contributed by atoms with Gasteiger partial charge in [-0.3, -0.25) is 4.79 Å². The summed E-state index contributed by atoms with van der Waals surface area (Å²) in [5, 5.41) is 3.24. The largest absolute Gasteiger partial charge is 0.370 e. The van der Waals surface area contributed by atoms with Gasteiger partial charge in [0.15, 0.2) is 0 Å². The summed E-state index contributed by atoms with van der Waals surface area (Å²) in [5.41, 5.74) is 2.25. The van der Waals surface area contributed by atoms with E-state index in [9.17, 15) is 4.79 Å². The number of aromatic nitrogens is 2. The number of nitrogens with one attached hydrogen (secondary N) is 1. The fourth-order valence-electron chi connectivity index (χ4n) is 3.18. The van der Waals surface area contributed by atoms with E-state index in [4.69, 9.17) is 0 Å². The molecule has 2 aromatic rings. The third-order valence-electron chi connectivity index (χ3n) is 4.69. The highest BCUT2D eigenvalue weighted by Crippen LogP contribution is 2.18. The maximum Gasteiger partial charge on any atom is 0.246 e. The lowest BCUT2D eigenvalue weighted by molar-refractivity contribution is -0.126. The smallest absolute Gasteiger partial charge is 0.246 e. The van der Waals surface area contributed by atoms with Gasteiger partial charge >= 0.3 is 0 Å². The number of rotatable bonds is 5. The highest BCUT2D eigenvalue weighted by molar-refractivity contribution is 5.92. The molecule has 2 heterocycles. The van der Waals surface area contributed by atoms with Crippen LogP contribution in [0, 0.1) is 13.8 Å². The SMILES string of the molecule is CCNc1cc(N2CCN(C(=O)/C=C/c3ccccc3C)CC2)nc(C)n1. The maximum atomic E-state index is 12.5. The Bertz CT molecular complexity index is 825. The van der Waals surface area contributed by atoms with E-state index >= 15 is 0 Å². The fraction of sp³-hybridized carbons (Fsp3) is 0.381. The normalized spacial score (nSPS) is 14.6. The molecule has 1 aromatic heterocycles. The number of benzene rings is 1. The molecule has 142 valence electrons. The number of aryl methyl sites for hydroxylation is 2. The summed E-state index contributed by atoms with van der Waals surface area (Å²) in [7, 11) is 0. The van der Waals surface area contributed by atoms with Gasteiger partial charge in [-0.1, -0.05) is 24.3 Å². The zero-order valence-corrected chi connectivity index (χ0v) is 16.3. The van der Waals surface area contributed by atoms with Crippen molar-refractivity contribution >= 4 is 23.6 Å². The van der Waals surface area contributed by atoms with Crippen LogP contribution in [0.25, 0.3) is 6.08 Å². The Morgan fingerprint density at radius 3 is 2.59 bits per heavy atom. The number of anilines is 2. The summed E-state index contributed by atoms with van der Waals surface area (Å²) < 4.78 is 0. The molecule has 1 aromatic carbocycles. The number of hydrogen-bond acceptors (Lipinski definition) is 5. The molecule has 1 saturated heterocycles. The molecule has 1 aliphatic heterocycles. The van der Waals surface area contributed by atoms with Gasteiger partial charge in [0.2, 0.25) is 5.91 Å². The summed E-state index contributed by atoms with van der Waals surface area (Å²) in [6.45, 7) is 9.75. The number of amides is 1. The van der Waals surface area contributed by atoms with Crippen molar-refractivity contribution in [1.82, 2.24) is 14.9 Å². The molecule has 0 aliphatic carbocycles. The quantitative estimate of drug-likeness (QED) is 0.826. The number of hydrogen-bond donors (Lipinski definition) is 1. The Kier molecular flexibility index (Phi) is 6.06. The molecule has 0 spiro atoms. The molecule has 0 saturated carbocycles. The molecule has 6 nitrogen and oxygen atoms in total. The van der Waals surface area contributed by atoms with Gasteiger partial charge < -0.3 is 15.1 Å². The molecule has 6 heteroatoms. The van der Waals surface area contributed by atoms with Crippen LogP contribution in [0.3, 0.4) is 0 Å². The average molecular weight is 365 g/mol. The number of nitrogens with zero attached hydrogens (tertiary/aromatic N) is 4. The summed E-state index contributed by atoms with van der Waals surface area (Å²) >= 11 is 0. The van der Waals surface area contributed by atoms with Gasteiger partial charge in [-0.05, 0) is 38.0 Å². The summed E-state index contributed by atoms with van der Waals surface area (Å²) in [4.78, 5) is 25.6. The molecule has 0 radical (unpaired) electrons. The zero-order valence-electron chi connectivity index (χ0n) is 16.3. The van der Waals surface area contributed by atoms with Crippen molar-refractivity contribution < 1.29 is 4.79 Å². The van der Waals surface area contributed by atoms with E-state index in [1.165, 1.54) is 5.56 Å². The van der Waals surface area contributed by atoms with E-state index < -0.39 is 0 Å². The molecule has 1 N–H and O–H groups in total. The van der Waals surface area contributed by atoms with Crippen LogP contribution in [0.1, 0.15) is 23.9 Å². The average Bonchev–Trinajstić information content (AvgIpc) is 2.67. The molecule has 27 heavy (non-hydrogen) atoms. The van der Waals surface area contributed by atoms with Crippen LogP contribution in [0.4, 0.5) is 11.6 Å². The standard InChI is InChI=1S/C21H27N5O/c1-4-22-19-15-20(24-17(3)23-19)25-11-13-26(14-12-25)21(27)10-9-18-8-6-5-7-16(18)2/h5-10,15H,4,11-14H2,1-3H3,(H,22,23,24)/b10-9+. The predicted octanol–water partition coefficient (Wildman–Crippen LogP) is 2.89. The van der Waals surface area contributed by atoms with Crippen LogP contribution in [0.15, 0.2) is 36.4 Å². The Balaban J connectivity index is 1.60. The summed E-state index contributed by atoms with van der Waals surface area (Å²) in [6, 6.07) is 10.0. The number of carbonyl (C=O) groups is 1. The van der Waals surface area contributed by atoms with Gasteiger partial charge in [0.1, 0.15) is 17.5 Å². The molecule has 1 amide bonds. The van der Waals surface area contributed by atoms with Crippen LogP contribution >= 0.6 is 0 Å². The maximum absolute atomic E-state index is 12.5. The van der Waals surface area contributed by atoms with Gasteiger partial charge in [-0.25, -0.2) is 9.97 Å². The van der Waals surface area contributed by atoms with Crippen molar-refractivity contribution in [2.24, 2.45) is 0 Å². The van der Waals surface area contributed by atoms with Crippen LogP contribution < -0.4 is 10.2 Å². The molecule has 3 rings (SSSR count). The van der Waals surface area contributed by atoms with E-state index in [-0.39, 0.29) is 5.91 Å². The van der Waals surface area contributed by atoms with Crippen molar-refractivity contribution in [3.05, 3.63) is 53.4 Å². The second-order valence-electron chi connectivity index (χ2n) is 6.69. The first-order chi connectivity index (χ1) is 13.1. The van der Waals surface area contributed by atoms with Crippen molar-refractivity contribution in [2.45, 2.75) is 20.8 Å². The van der Waals surface area contributed by atoms with E-state index in [0.717, 1.165) is 42.7 Å². The highest BCUT2D eigenvalue weighted by Gasteiger charge is 2.21. The van der Waals surface area contributed by atoms with Crippen molar-refractivity contribution in [3.8, 4) is 0 Å². The van der Waals surface area contributed by atoms with Gasteiger partial charge in [0, 0.05) is 44.9 Å². The second-order valence-corrected chi connectivity index (χ2v) is 6.69. The molecule has 1 aliphatic rings. The Labute approximate surface area is 160 Å². The van der Waals surface area contributed by atoms with Gasteiger partial charge in [0.05, 0.1) is 0 Å². The number of carbonyl (C=O) groups excluding carboxylic acids is 1. The van der Waals surface area contributed by atoms with E-state index in [2.05, 4.69) is 20.2 Å². The summed E-state index contributed by atoms with van der Waals surface area (Å²) in [5.74, 6) is 2.58. The molecular formula is C21H27N5O. The first-order valence-corrected chi connectivity index (χ1v) is 9.44. The van der Waals surface area contributed by atoms with Gasteiger partial charge in [-0.15, -0.1) is 0 Å². The fourth-order valence-corrected chi connectivity index (χ4v) is 3.18. The molecule has 0 unspecified atom stereocenters. The Hall–Kier alpha value is -2.89. The molecular weight excluding hydrogens is 338 g/mol. The minimum Gasteiger partial charge on any atom is -0.370 e. The molecule has 0 bridgehead atoms. The Morgan fingerprint density at radius 1 is 1.15 bits per heavy atom. The second kappa shape index (κ2) is 8.66. The minimum atomic E-state index is 0.0603. The van der Waals surface area contributed by atoms with Crippen LogP contribution in [0.2, 0.25) is 0 Å². The summed E-state index contributed by atoms with van der Waals surface area (Å²) in [6.07, 6.45) is 3.58. The van der Waals surface area contributed by atoms with Crippen molar-refractivity contribution in [1.29, 1.82) is 0 Å². The van der Waals surface area contributed by atoms with Crippen LogP contribution in [-0.2, 0) is 4.79 Å². The van der Waals surface area contributed by atoms with E-state index in [1.54, 1.807) is 6.08 Å². The predicted molar refractivity (Wildman–Crippen MR) is 110 cm³/mol. The lowest BCUT2D eigenvalue weighted by atomic mass is 10.1. The topological polar surface area (TPSA) is 61.4 Å². The lowest BCUT2D eigenvalue weighted by Crippen LogP contribution is -2.48. The monoisotopic (exact) mass is 365 g/mol. The lowest BCUT2D eigenvalue weighted by Gasteiger charge is -2.35. The van der Waals surface area contributed by atoms with E-state index in [0.29, 0.717) is 13.1 Å². The first kappa shape index (κ1) is 18.9. The third kappa shape index (κ3) is 4.84. The number of piperazine rings is 1.